The first-order valence-electron chi connectivity index (χ1n) is 10.8. The van der Waals surface area contributed by atoms with Crippen molar-refractivity contribution >= 4 is 23.1 Å². The van der Waals surface area contributed by atoms with Gasteiger partial charge < -0.3 is 4.90 Å². The van der Waals surface area contributed by atoms with Crippen LogP contribution in [0.15, 0.2) is 42.1 Å². The highest BCUT2D eigenvalue weighted by molar-refractivity contribution is 6.45. The molecule has 1 saturated heterocycles. The van der Waals surface area contributed by atoms with Gasteiger partial charge in [0.15, 0.2) is 0 Å². The number of hydrogen-bond donors (Lipinski definition) is 0. The van der Waals surface area contributed by atoms with E-state index in [9.17, 15) is 9.59 Å². The maximum absolute atomic E-state index is 13.7. The zero-order chi connectivity index (χ0) is 21.6. The van der Waals surface area contributed by atoms with E-state index in [4.69, 9.17) is 0 Å². The van der Waals surface area contributed by atoms with Gasteiger partial charge in [-0.1, -0.05) is 36.8 Å². The molecule has 1 unspecified atom stereocenters. The Kier molecular flexibility index (Phi) is 5.27. The Labute approximate surface area is 179 Å². The van der Waals surface area contributed by atoms with E-state index < -0.39 is 0 Å². The number of benzene rings is 2. The second-order valence-electron chi connectivity index (χ2n) is 8.95. The van der Waals surface area contributed by atoms with Crippen molar-refractivity contribution in [2.75, 3.05) is 18.0 Å². The number of carbonyl (C=O) groups is 2. The van der Waals surface area contributed by atoms with Crippen LogP contribution >= 0.6 is 0 Å². The molecule has 2 aliphatic heterocycles. The Morgan fingerprint density at radius 2 is 1.63 bits per heavy atom. The first kappa shape index (κ1) is 20.4. The van der Waals surface area contributed by atoms with Crippen LogP contribution in [-0.4, -0.2) is 29.8 Å². The van der Waals surface area contributed by atoms with Crippen molar-refractivity contribution < 1.29 is 9.59 Å². The molecule has 1 fully saturated rings. The first-order chi connectivity index (χ1) is 14.3. The normalized spacial score (nSPS) is 19.8. The van der Waals surface area contributed by atoms with E-state index in [1.807, 2.05) is 58.0 Å². The van der Waals surface area contributed by atoms with Gasteiger partial charge in [0.25, 0.3) is 11.8 Å². The minimum Gasteiger partial charge on any atom is -0.366 e. The maximum atomic E-state index is 13.7. The average Bonchev–Trinajstić information content (AvgIpc) is 2.94. The summed E-state index contributed by atoms with van der Waals surface area (Å²) in [6.07, 6.45) is 2.20. The molecule has 0 saturated carbocycles. The topological polar surface area (TPSA) is 40.6 Å². The summed E-state index contributed by atoms with van der Waals surface area (Å²) >= 11 is 0. The van der Waals surface area contributed by atoms with Crippen LogP contribution in [0, 0.1) is 33.6 Å². The molecule has 0 bridgehead atoms. The van der Waals surface area contributed by atoms with Gasteiger partial charge in [-0.3, -0.25) is 9.59 Å². The third-order valence-corrected chi connectivity index (χ3v) is 6.43. The van der Waals surface area contributed by atoms with Crippen molar-refractivity contribution in [3.05, 3.63) is 69.9 Å². The summed E-state index contributed by atoms with van der Waals surface area (Å²) in [6.45, 7) is 11.9. The number of aryl methyl sites for hydroxylation is 4. The van der Waals surface area contributed by atoms with E-state index in [-0.39, 0.29) is 11.8 Å². The molecule has 0 aromatic heterocycles. The fourth-order valence-electron chi connectivity index (χ4n) is 4.64. The molecule has 2 amide bonds. The minimum absolute atomic E-state index is 0.202. The fourth-order valence-corrected chi connectivity index (χ4v) is 4.64. The lowest BCUT2D eigenvalue weighted by atomic mass is 9.95. The summed E-state index contributed by atoms with van der Waals surface area (Å²) < 4.78 is 0. The van der Waals surface area contributed by atoms with Crippen molar-refractivity contribution in [2.24, 2.45) is 5.92 Å². The molecule has 0 radical (unpaired) electrons. The van der Waals surface area contributed by atoms with Crippen molar-refractivity contribution in [3.63, 3.8) is 0 Å². The van der Waals surface area contributed by atoms with E-state index in [1.165, 1.54) is 4.90 Å². The summed E-state index contributed by atoms with van der Waals surface area (Å²) in [5.41, 5.74) is 7.01. The van der Waals surface area contributed by atoms with Gasteiger partial charge in [-0.2, -0.15) is 0 Å². The second-order valence-corrected chi connectivity index (χ2v) is 8.95. The largest absolute Gasteiger partial charge is 0.366 e. The number of piperidine rings is 1. The third-order valence-electron chi connectivity index (χ3n) is 6.43. The van der Waals surface area contributed by atoms with Crippen LogP contribution in [0.1, 0.15) is 47.6 Å². The van der Waals surface area contributed by atoms with Gasteiger partial charge in [0, 0.05) is 13.1 Å². The van der Waals surface area contributed by atoms with Crippen molar-refractivity contribution in [2.45, 2.75) is 47.5 Å². The fraction of sp³-hybridized carbons (Fsp3) is 0.385. The van der Waals surface area contributed by atoms with Crippen LogP contribution in [-0.2, 0) is 9.59 Å². The van der Waals surface area contributed by atoms with Gasteiger partial charge in [0.1, 0.15) is 5.70 Å². The molecule has 0 spiro atoms. The number of imide groups is 1. The van der Waals surface area contributed by atoms with E-state index in [1.54, 1.807) is 0 Å². The molecule has 2 heterocycles. The second kappa shape index (κ2) is 7.75. The summed E-state index contributed by atoms with van der Waals surface area (Å²) in [5.74, 6) is 0.0842. The van der Waals surface area contributed by atoms with Gasteiger partial charge in [-0.25, -0.2) is 4.90 Å². The van der Waals surface area contributed by atoms with Gasteiger partial charge in [-0.05, 0) is 80.8 Å². The van der Waals surface area contributed by atoms with Crippen molar-refractivity contribution in [1.29, 1.82) is 0 Å². The van der Waals surface area contributed by atoms with Crippen LogP contribution in [0.25, 0.3) is 5.57 Å². The number of anilines is 1. The van der Waals surface area contributed by atoms with Crippen LogP contribution in [0.4, 0.5) is 5.69 Å². The molecule has 4 rings (SSSR count). The molecule has 0 N–H and O–H groups in total. The third kappa shape index (κ3) is 3.45. The molecule has 30 heavy (non-hydrogen) atoms. The van der Waals surface area contributed by atoms with Crippen molar-refractivity contribution in [1.82, 2.24) is 4.90 Å². The smallest absolute Gasteiger partial charge is 0.282 e. The lowest BCUT2D eigenvalue weighted by Gasteiger charge is -2.33. The molecule has 0 aliphatic carbocycles. The Balaban J connectivity index is 1.87. The Hall–Kier alpha value is -2.88. The maximum Gasteiger partial charge on any atom is 0.282 e. The van der Waals surface area contributed by atoms with Gasteiger partial charge in [-0.15, -0.1) is 0 Å². The predicted octanol–water partition coefficient (Wildman–Crippen LogP) is 4.94. The van der Waals surface area contributed by atoms with Crippen LogP contribution in [0.2, 0.25) is 0 Å². The highest BCUT2D eigenvalue weighted by atomic mass is 16.2. The molecule has 1 atom stereocenters. The van der Waals surface area contributed by atoms with E-state index in [0.29, 0.717) is 22.9 Å². The van der Waals surface area contributed by atoms with E-state index >= 15 is 0 Å². The minimum atomic E-state index is -0.219. The summed E-state index contributed by atoms with van der Waals surface area (Å²) in [6, 6.07) is 11.9. The molecule has 4 heteroatoms. The number of amides is 2. The number of hydrogen-bond acceptors (Lipinski definition) is 3. The van der Waals surface area contributed by atoms with Crippen LogP contribution in [0.5, 0.6) is 0 Å². The molecule has 156 valence electrons. The quantitative estimate of drug-likeness (QED) is 0.683. The van der Waals surface area contributed by atoms with Crippen LogP contribution < -0.4 is 4.90 Å². The summed E-state index contributed by atoms with van der Waals surface area (Å²) in [5, 5.41) is 0. The Morgan fingerprint density at radius 1 is 0.867 bits per heavy atom. The molecule has 2 aromatic carbocycles. The molecule has 4 nitrogen and oxygen atoms in total. The monoisotopic (exact) mass is 402 g/mol. The standard InChI is InChI=1S/C26H30N2O2/c1-16-8-11-22(20(5)13-16)23-24(27-12-6-7-17(2)15-27)26(30)28(25(23)29)21-10-9-18(3)19(4)14-21/h8-11,13-14,17H,6-7,12,15H2,1-5H3. The van der Waals surface area contributed by atoms with E-state index in [0.717, 1.165) is 53.7 Å². The van der Waals surface area contributed by atoms with Gasteiger partial charge >= 0.3 is 0 Å². The lowest BCUT2D eigenvalue weighted by Crippen LogP contribution is -2.39. The number of carbonyl (C=O) groups excluding carboxylic acids is 2. The highest BCUT2D eigenvalue weighted by Gasteiger charge is 2.43. The number of rotatable bonds is 3. The predicted molar refractivity (Wildman–Crippen MR) is 121 cm³/mol. The summed E-state index contributed by atoms with van der Waals surface area (Å²) in [4.78, 5) is 30.9. The molecule has 2 aromatic rings. The first-order valence-corrected chi connectivity index (χ1v) is 10.8. The molecule has 2 aliphatic rings. The van der Waals surface area contributed by atoms with Crippen molar-refractivity contribution in [3.8, 4) is 0 Å². The number of likely N-dealkylation sites (tertiary alicyclic amines) is 1. The number of nitrogens with zero attached hydrogens (tertiary/aromatic N) is 2. The zero-order valence-corrected chi connectivity index (χ0v) is 18.6. The molecular formula is C26H30N2O2. The summed E-state index contributed by atoms with van der Waals surface area (Å²) in [7, 11) is 0. The van der Waals surface area contributed by atoms with Gasteiger partial charge in [0.2, 0.25) is 0 Å². The van der Waals surface area contributed by atoms with E-state index in [2.05, 4.69) is 17.9 Å². The SMILES string of the molecule is Cc1ccc(C2=C(N3CCCC(C)C3)C(=O)N(c3ccc(C)c(C)c3)C2=O)c(C)c1. The highest BCUT2D eigenvalue weighted by Crippen LogP contribution is 2.38. The van der Waals surface area contributed by atoms with Gasteiger partial charge in [0.05, 0.1) is 11.3 Å². The molecular weight excluding hydrogens is 372 g/mol. The Bertz CT molecular complexity index is 1070. The van der Waals surface area contributed by atoms with Crippen LogP contribution in [0.3, 0.4) is 0 Å². The zero-order valence-electron chi connectivity index (χ0n) is 18.6. The Morgan fingerprint density at radius 3 is 2.30 bits per heavy atom. The average molecular weight is 403 g/mol. The lowest BCUT2D eigenvalue weighted by molar-refractivity contribution is -0.120.